The van der Waals surface area contributed by atoms with Gasteiger partial charge < -0.3 is 10.4 Å². The Hall–Kier alpha value is -2.86. The predicted octanol–water partition coefficient (Wildman–Crippen LogP) is 4.28. The second kappa shape index (κ2) is 6.59. The first-order valence-corrected chi connectivity index (χ1v) is 9.94. The number of piperidine rings is 1. The lowest BCUT2D eigenvalue weighted by atomic mass is 9.79. The summed E-state index contributed by atoms with van der Waals surface area (Å²) in [5, 5.41) is 15.6. The number of rotatable bonds is 3. The fourth-order valence-corrected chi connectivity index (χ4v) is 4.81. The summed E-state index contributed by atoms with van der Waals surface area (Å²) >= 11 is 0. The van der Waals surface area contributed by atoms with E-state index in [1.54, 1.807) is 30.9 Å². The molecule has 6 heteroatoms. The van der Waals surface area contributed by atoms with Gasteiger partial charge in [-0.1, -0.05) is 6.58 Å². The number of fused-ring (bicyclic) bond motifs is 3. The maximum atomic E-state index is 15.0. The zero-order chi connectivity index (χ0) is 20.2. The van der Waals surface area contributed by atoms with Gasteiger partial charge in [-0.25, -0.2) is 4.39 Å². The predicted molar refractivity (Wildman–Crippen MR) is 111 cm³/mol. The minimum Gasteiger partial charge on any atom is -0.507 e. The molecule has 2 saturated heterocycles. The molecule has 1 unspecified atom stereocenters. The van der Waals surface area contributed by atoms with E-state index in [0.29, 0.717) is 28.9 Å². The number of hydrogen-bond donors (Lipinski definition) is 2. The molecule has 0 radical (unpaired) electrons. The van der Waals surface area contributed by atoms with E-state index in [-0.39, 0.29) is 23.2 Å². The average Bonchev–Trinajstić information content (AvgIpc) is 3.07. The molecule has 2 aromatic heterocycles. The number of aromatic nitrogens is 3. The summed E-state index contributed by atoms with van der Waals surface area (Å²) < 4.78 is 15.0. The van der Waals surface area contributed by atoms with Gasteiger partial charge in [-0.05, 0) is 55.3 Å². The Morgan fingerprint density at radius 1 is 1.24 bits per heavy atom. The minimum absolute atomic E-state index is 0.0278. The van der Waals surface area contributed by atoms with Crippen molar-refractivity contribution in [2.75, 3.05) is 0 Å². The van der Waals surface area contributed by atoms with Crippen molar-refractivity contribution in [2.45, 2.75) is 43.9 Å². The van der Waals surface area contributed by atoms with Crippen LogP contribution in [0.3, 0.4) is 0 Å². The van der Waals surface area contributed by atoms with Crippen LogP contribution in [0.4, 0.5) is 4.39 Å². The van der Waals surface area contributed by atoms with Crippen LogP contribution in [0.15, 0.2) is 49.6 Å². The van der Waals surface area contributed by atoms with Gasteiger partial charge in [0.15, 0.2) is 0 Å². The Kier molecular flexibility index (Phi) is 4.13. The summed E-state index contributed by atoms with van der Waals surface area (Å²) in [6, 6.07) is 5.32. The number of nitrogens with one attached hydrogen (secondary N) is 1. The number of phenolic OH excluding ortho intramolecular Hbond substituents is 1. The number of nitrogens with zero attached hydrogens (tertiary/aromatic N) is 3. The first-order chi connectivity index (χ1) is 13.9. The second-order valence-corrected chi connectivity index (χ2v) is 8.51. The zero-order valence-electron chi connectivity index (χ0n) is 16.3. The van der Waals surface area contributed by atoms with Gasteiger partial charge in [0, 0.05) is 40.8 Å². The van der Waals surface area contributed by atoms with Crippen LogP contribution in [0.25, 0.3) is 27.6 Å². The van der Waals surface area contributed by atoms with Crippen molar-refractivity contribution in [1.29, 1.82) is 0 Å². The van der Waals surface area contributed by atoms with Gasteiger partial charge >= 0.3 is 0 Å². The van der Waals surface area contributed by atoms with E-state index >= 15 is 0 Å². The summed E-state index contributed by atoms with van der Waals surface area (Å²) in [5.41, 5.74) is 2.44. The third-order valence-corrected chi connectivity index (χ3v) is 6.44. The van der Waals surface area contributed by atoms with E-state index in [1.165, 1.54) is 0 Å². The maximum Gasteiger partial charge on any atom is 0.125 e. The lowest BCUT2D eigenvalue weighted by Gasteiger charge is -2.39. The van der Waals surface area contributed by atoms with Gasteiger partial charge in [-0.15, -0.1) is 0 Å². The number of alkyl halides is 1. The molecule has 148 valence electrons. The van der Waals surface area contributed by atoms with E-state index in [9.17, 15) is 9.50 Å². The molecule has 4 atom stereocenters. The molecular weight excluding hydrogens is 367 g/mol. The first-order valence-electron chi connectivity index (χ1n) is 9.94. The van der Waals surface area contributed by atoms with E-state index in [1.807, 2.05) is 12.1 Å². The summed E-state index contributed by atoms with van der Waals surface area (Å²) in [6.45, 7) is 6.32. The molecule has 2 bridgehead atoms. The summed E-state index contributed by atoms with van der Waals surface area (Å²) in [6.07, 6.45) is 8.27. The van der Waals surface area contributed by atoms with Gasteiger partial charge in [-0.3, -0.25) is 15.0 Å². The van der Waals surface area contributed by atoms with Crippen LogP contribution in [-0.4, -0.2) is 37.8 Å². The van der Waals surface area contributed by atoms with E-state index < -0.39 is 6.17 Å². The van der Waals surface area contributed by atoms with Gasteiger partial charge in [-0.2, -0.15) is 0 Å². The molecule has 5 rings (SSSR count). The van der Waals surface area contributed by atoms with Crippen LogP contribution in [0, 0.1) is 5.92 Å². The lowest BCUT2D eigenvalue weighted by molar-refractivity contribution is 0.135. The highest BCUT2D eigenvalue weighted by Gasteiger charge is 2.49. The molecule has 0 aliphatic carbocycles. The molecule has 4 heterocycles. The Bertz CT molecular complexity index is 1100. The molecule has 29 heavy (non-hydrogen) atoms. The van der Waals surface area contributed by atoms with Crippen molar-refractivity contribution in [3.8, 4) is 17.0 Å². The Morgan fingerprint density at radius 3 is 2.90 bits per heavy atom. The fraction of sp³-hybridized carbons (Fsp3) is 0.348. The molecule has 3 aromatic rings. The summed E-state index contributed by atoms with van der Waals surface area (Å²) in [5.74, 6) is -0.131. The summed E-state index contributed by atoms with van der Waals surface area (Å²) in [7, 11) is 0. The highest BCUT2D eigenvalue weighted by Crippen LogP contribution is 2.44. The van der Waals surface area contributed by atoms with Gasteiger partial charge in [0.25, 0.3) is 0 Å². The molecule has 2 aliphatic rings. The Labute approximate surface area is 168 Å². The van der Waals surface area contributed by atoms with Crippen LogP contribution < -0.4 is 5.32 Å². The van der Waals surface area contributed by atoms with Crippen LogP contribution in [0.1, 0.15) is 31.9 Å². The quantitative estimate of drug-likeness (QED) is 0.699. The molecule has 5 nitrogen and oxygen atoms in total. The average molecular weight is 390 g/mol. The van der Waals surface area contributed by atoms with Crippen molar-refractivity contribution in [1.82, 2.24) is 20.3 Å². The Balaban J connectivity index is 1.43. The van der Waals surface area contributed by atoms with Crippen LogP contribution in [-0.2, 0) is 0 Å². The van der Waals surface area contributed by atoms with Crippen LogP contribution in [0.2, 0.25) is 0 Å². The third kappa shape index (κ3) is 3.08. The highest BCUT2D eigenvalue weighted by atomic mass is 19.1. The van der Waals surface area contributed by atoms with Crippen LogP contribution >= 0.6 is 0 Å². The number of benzene rings is 1. The first kappa shape index (κ1) is 18.2. The minimum atomic E-state index is -0.960. The van der Waals surface area contributed by atoms with E-state index in [0.717, 1.165) is 23.6 Å². The molecule has 0 spiro atoms. The normalized spacial score (nSPS) is 28.6. The molecule has 0 saturated carbocycles. The largest absolute Gasteiger partial charge is 0.507 e. The molecule has 0 amide bonds. The van der Waals surface area contributed by atoms with Crippen molar-refractivity contribution >= 4 is 16.3 Å². The van der Waals surface area contributed by atoms with Gasteiger partial charge in [0.05, 0.1) is 23.8 Å². The number of hydrogen-bond acceptors (Lipinski definition) is 5. The second-order valence-electron chi connectivity index (χ2n) is 8.51. The van der Waals surface area contributed by atoms with E-state index in [2.05, 4.69) is 33.8 Å². The number of pyridine rings is 1. The number of phenols is 1. The van der Waals surface area contributed by atoms with Crippen molar-refractivity contribution < 1.29 is 9.50 Å². The van der Waals surface area contributed by atoms with Crippen molar-refractivity contribution in [3.05, 3.63) is 55.3 Å². The molecule has 1 aromatic carbocycles. The van der Waals surface area contributed by atoms with Crippen molar-refractivity contribution in [2.24, 2.45) is 5.92 Å². The highest BCUT2D eigenvalue weighted by molar-refractivity contribution is 5.89. The fourth-order valence-electron chi connectivity index (χ4n) is 4.81. The molecule has 2 aliphatic heterocycles. The van der Waals surface area contributed by atoms with Gasteiger partial charge in [0.1, 0.15) is 11.9 Å². The summed E-state index contributed by atoms with van der Waals surface area (Å²) in [4.78, 5) is 13.1. The number of halogens is 1. The molecule has 2 fully saturated rings. The van der Waals surface area contributed by atoms with Crippen molar-refractivity contribution in [3.63, 3.8) is 0 Å². The number of allylic oxidation sites excluding steroid dienone is 1. The maximum absolute atomic E-state index is 15.0. The van der Waals surface area contributed by atoms with Crippen LogP contribution in [0.5, 0.6) is 5.75 Å². The topological polar surface area (TPSA) is 70.9 Å². The smallest absolute Gasteiger partial charge is 0.125 e. The standard InChI is InChI=1S/C23H23FN4O/c1-13(17-9-23(2)5-3-18(28-23)22(17)24)19-11-27-20(12-26-19)16-7-14-4-6-25-10-15(14)8-21(16)29/h4,6-8,10-12,17-18,22,28-29H,1,3,5,9H2,2H3/t17-,18?,22-,23+/m1/s1. The zero-order valence-corrected chi connectivity index (χ0v) is 16.3. The third-order valence-electron chi connectivity index (χ3n) is 6.44. The monoisotopic (exact) mass is 390 g/mol. The molecular formula is C23H23FN4O. The lowest BCUT2D eigenvalue weighted by Crippen LogP contribution is -2.53. The Morgan fingerprint density at radius 2 is 2.10 bits per heavy atom. The molecule has 2 N–H and O–H groups in total. The number of aromatic hydroxyl groups is 1. The van der Waals surface area contributed by atoms with Gasteiger partial charge in [0.2, 0.25) is 0 Å². The SMILES string of the molecule is C=C(c1cnc(-c2cc3ccncc3cc2O)cn1)[C@H]1C[C@]2(C)CCC(N2)[C@@H]1F. The van der Waals surface area contributed by atoms with E-state index in [4.69, 9.17) is 0 Å².